The second-order valence-electron chi connectivity index (χ2n) is 5.07. The number of thioether (sulfide) groups is 1. The van der Waals surface area contributed by atoms with Crippen LogP contribution >= 0.6 is 11.8 Å². The Labute approximate surface area is 97.2 Å². The number of rotatable bonds is 3. The maximum Gasteiger partial charge on any atom is 0.0621 e. The SMILES string of the molecule is OCC1(NC2CCCCC2)CCCSC1. The Balaban J connectivity index is 1.87. The van der Waals surface area contributed by atoms with Gasteiger partial charge in [0.05, 0.1) is 12.1 Å². The molecule has 15 heavy (non-hydrogen) atoms. The van der Waals surface area contributed by atoms with Crippen molar-refractivity contribution < 1.29 is 5.11 Å². The molecule has 0 aromatic heterocycles. The number of aliphatic hydroxyl groups is 1. The maximum atomic E-state index is 9.60. The fraction of sp³-hybridized carbons (Fsp3) is 1.00. The van der Waals surface area contributed by atoms with Gasteiger partial charge in [-0.3, -0.25) is 0 Å². The van der Waals surface area contributed by atoms with Gasteiger partial charge in [-0.25, -0.2) is 0 Å². The molecule has 2 N–H and O–H groups in total. The first-order valence-corrected chi connectivity index (χ1v) is 7.46. The molecule has 0 radical (unpaired) electrons. The van der Waals surface area contributed by atoms with Crippen molar-refractivity contribution in [1.29, 1.82) is 0 Å². The second kappa shape index (κ2) is 5.55. The van der Waals surface area contributed by atoms with E-state index in [1.54, 1.807) is 0 Å². The fourth-order valence-electron chi connectivity index (χ4n) is 2.82. The number of hydrogen-bond donors (Lipinski definition) is 2. The summed E-state index contributed by atoms with van der Waals surface area (Å²) in [6.07, 6.45) is 9.18. The predicted molar refractivity (Wildman–Crippen MR) is 66.4 cm³/mol. The van der Waals surface area contributed by atoms with Crippen LogP contribution in [0.5, 0.6) is 0 Å². The number of hydrogen-bond acceptors (Lipinski definition) is 3. The lowest BCUT2D eigenvalue weighted by Gasteiger charge is -2.40. The van der Waals surface area contributed by atoms with Crippen LogP contribution in [0.1, 0.15) is 44.9 Å². The average molecular weight is 229 g/mol. The van der Waals surface area contributed by atoms with Gasteiger partial charge < -0.3 is 10.4 Å². The van der Waals surface area contributed by atoms with Crippen molar-refractivity contribution in [3.05, 3.63) is 0 Å². The summed E-state index contributed by atoms with van der Waals surface area (Å²) in [4.78, 5) is 0. The highest BCUT2D eigenvalue weighted by molar-refractivity contribution is 7.99. The smallest absolute Gasteiger partial charge is 0.0621 e. The first kappa shape index (κ1) is 11.7. The molecule has 1 aliphatic heterocycles. The largest absolute Gasteiger partial charge is 0.394 e. The van der Waals surface area contributed by atoms with Gasteiger partial charge in [0.2, 0.25) is 0 Å². The first-order chi connectivity index (χ1) is 7.35. The minimum absolute atomic E-state index is 0.0466. The van der Waals surface area contributed by atoms with Crippen molar-refractivity contribution in [2.75, 3.05) is 18.1 Å². The Bertz CT molecular complexity index is 186. The molecule has 3 heteroatoms. The van der Waals surface area contributed by atoms with Crippen LogP contribution in [-0.4, -0.2) is 34.8 Å². The summed E-state index contributed by atoms with van der Waals surface area (Å²) in [5.41, 5.74) is 0.0466. The van der Waals surface area contributed by atoms with Gasteiger partial charge in [0.1, 0.15) is 0 Å². The van der Waals surface area contributed by atoms with E-state index in [4.69, 9.17) is 0 Å². The Kier molecular flexibility index (Phi) is 4.35. The quantitative estimate of drug-likeness (QED) is 0.778. The van der Waals surface area contributed by atoms with Gasteiger partial charge in [-0.1, -0.05) is 19.3 Å². The molecule has 1 atom stereocenters. The summed E-state index contributed by atoms with van der Waals surface area (Å²) in [5.74, 6) is 2.37. The standard InChI is InChI=1S/C12H23NOS/c14-9-12(7-4-8-15-10-12)13-11-5-2-1-3-6-11/h11,13-14H,1-10H2. The van der Waals surface area contributed by atoms with Gasteiger partial charge in [-0.05, 0) is 31.4 Å². The Morgan fingerprint density at radius 1 is 1.20 bits per heavy atom. The van der Waals surface area contributed by atoms with E-state index >= 15 is 0 Å². The Hall–Kier alpha value is 0.270. The van der Waals surface area contributed by atoms with Gasteiger partial charge >= 0.3 is 0 Å². The third kappa shape index (κ3) is 3.11. The van der Waals surface area contributed by atoms with Crippen molar-refractivity contribution >= 4 is 11.8 Å². The van der Waals surface area contributed by atoms with Gasteiger partial charge in [0.25, 0.3) is 0 Å². The molecule has 1 heterocycles. The third-order valence-corrected chi connectivity index (χ3v) is 5.07. The van der Waals surface area contributed by atoms with E-state index < -0.39 is 0 Å². The number of aliphatic hydroxyl groups excluding tert-OH is 1. The van der Waals surface area contributed by atoms with E-state index in [-0.39, 0.29) is 5.54 Å². The molecule has 1 saturated carbocycles. The van der Waals surface area contributed by atoms with Crippen molar-refractivity contribution in [3.63, 3.8) is 0 Å². The molecule has 2 fully saturated rings. The molecule has 0 spiro atoms. The summed E-state index contributed by atoms with van der Waals surface area (Å²) in [7, 11) is 0. The van der Waals surface area contributed by atoms with Crippen molar-refractivity contribution in [2.24, 2.45) is 0 Å². The van der Waals surface area contributed by atoms with E-state index in [0.29, 0.717) is 12.6 Å². The Morgan fingerprint density at radius 3 is 2.60 bits per heavy atom. The molecule has 2 aliphatic rings. The topological polar surface area (TPSA) is 32.3 Å². The molecule has 1 unspecified atom stereocenters. The molecule has 2 nitrogen and oxygen atoms in total. The second-order valence-corrected chi connectivity index (χ2v) is 6.18. The highest BCUT2D eigenvalue weighted by atomic mass is 32.2. The van der Waals surface area contributed by atoms with Crippen LogP contribution in [0.3, 0.4) is 0 Å². The third-order valence-electron chi connectivity index (χ3n) is 3.74. The molecule has 0 amide bonds. The van der Waals surface area contributed by atoms with Crippen LogP contribution < -0.4 is 5.32 Å². The fourth-order valence-corrected chi connectivity index (χ4v) is 4.02. The minimum Gasteiger partial charge on any atom is -0.394 e. The monoisotopic (exact) mass is 229 g/mol. The van der Waals surface area contributed by atoms with Crippen molar-refractivity contribution in [2.45, 2.75) is 56.5 Å². The van der Waals surface area contributed by atoms with Gasteiger partial charge in [0, 0.05) is 11.8 Å². The van der Waals surface area contributed by atoms with Crippen LogP contribution in [0.25, 0.3) is 0 Å². The van der Waals surface area contributed by atoms with Crippen molar-refractivity contribution in [1.82, 2.24) is 5.32 Å². The molecule has 0 aromatic carbocycles. The van der Waals surface area contributed by atoms with Crippen molar-refractivity contribution in [3.8, 4) is 0 Å². The summed E-state index contributed by atoms with van der Waals surface area (Å²) >= 11 is 1.99. The van der Waals surface area contributed by atoms with Crippen LogP contribution in [-0.2, 0) is 0 Å². The van der Waals surface area contributed by atoms with Crippen LogP contribution in [0.2, 0.25) is 0 Å². The first-order valence-electron chi connectivity index (χ1n) is 6.31. The predicted octanol–water partition coefficient (Wildman–Crippen LogP) is 2.17. The van der Waals surface area contributed by atoms with E-state index in [1.165, 1.54) is 44.3 Å². The lowest BCUT2D eigenvalue weighted by molar-refractivity contribution is 0.143. The van der Waals surface area contributed by atoms with Crippen LogP contribution in [0, 0.1) is 0 Å². The van der Waals surface area contributed by atoms with Gasteiger partial charge in [0.15, 0.2) is 0 Å². The zero-order chi connectivity index (χ0) is 10.6. The van der Waals surface area contributed by atoms with E-state index in [0.717, 1.165) is 12.2 Å². The van der Waals surface area contributed by atoms with Gasteiger partial charge in [-0.15, -0.1) is 0 Å². The molecule has 88 valence electrons. The van der Waals surface area contributed by atoms with Crippen LogP contribution in [0.15, 0.2) is 0 Å². The zero-order valence-corrected chi connectivity index (χ0v) is 10.3. The summed E-state index contributed by atoms with van der Waals surface area (Å²) < 4.78 is 0. The zero-order valence-electron chi connectivity index (χ0n) is 9.50. The van der Waals surface area contributed by atoms with Gasteiger partial charge in [-0.2, -0.15) is 11.8 Å². The summed E-state index contributed by atoms with van der Waals surface area (Å²) in [6, 6.07) is 0.671. The Morgan fingerprint density at radius 2 is 2.00 bits per heavy atom. The molecule has 1 aliphatic carbocycles. The molecule has 2 rings (SSSR count). The average Bonchev–Trinajstić information content (AvgIpc) is 2.32. The summed E-state index contributed by atoms with van der Waals surface area (Å²) in [6.45, 7) is 0.316. The lowest BCUT2D eigenvalue weighted by Crippen LogP contribution is -2.56. The molecule has 0 aromatic rings. The molecular weight excluding hydrogens is 206 g/mol. The van der Waals surface area contributed by atoms with E-state index in [1.807, 2.05) is 11.8 Å². The highest BCUT2D eigenvalue weighted by Crippen LogP contribution is 2.29. The lowest BCUT2D eigenvalue weighted by atomic mass is 9.90. The normalized spacial score (nSPS) is 34.2. The number of nitrogens with one attached hydrogen (secondary N) is 1. The maximum absolute atomic E-state index is 9.60. The van der Waals surface area contributed by atoms with E-state index in [9.17, 15) is 5.11 Å². The molecule has 1 saturated heterocycles. The molecule has 0 bridgehead atoms. The van der Waals surface area contributed by atoms with E-state index in [2.05, 4.69) is 5.32 Å². The minimum atomic E-state index is 0.0466. The van der Waals surface area contributed by atoms with Crippen LogP contribution in [0.4, 0.5) is 0 Å². The summed E-state index contributed by atoms with van der Waals surface area (Å²) in [5, 5.41) is 13.3. The highest BCUT2D eigenvalue weighted by Gasteiger charge is 2.33. The molecular formula is C12H23NOS.